The van der Waals surface area contributed by atoms with E-state index >= 15 is 0 Å². The van der Waals surface area contributed by atoms with Crippen LogP contribution in [0.4, 0.5) is 18.9 Å². The van der Waals surface area contributed by atoms with Crippen LogP contribution in [0.3, 0.4) is 0 Å². The average molecular weight is 450 g/mol. The fraction of sp³-hybridized carbons (Fsp3) is 0.200. The molecule has 31 heavy (non-hydrogen) atoms. The van der Waals surface area contributed by atoms with Gasteiger partial charge in [0.1, 0.15) is 11.0 Å². The number of hydrogen-bond donors (Lipinski definition) is 2. The first kappa shape index (κ1) is 22.3. The zero-order valence-corrected chi connectivity index (χ0v) is 17.0. The second-order valence-corrected chi connectivity index (χ2v) is 7.47. The van der Waals surface area contributed by atoms with Crippen molar-refractivity contribution in [1.29, 1.82) is 0 Å². The molecule has 11 heteroatoms. The van der Waals surface area contributed by atoms with Crippen LogP contribution in [0.2, 0.25) is 0 Å². The van der Waals surface area contributed by atoms with Crippen LogP contribution in [-0.4, -0.2) is 35.6 Å². The Morgan fingerprint density at radius 2 is 1.94 bits per heavy atom. The fourth-order valence-corrected chi connectivity index (χ4v) is 3.64. The van der Waals surface area contributed by atoms with Gasteiger partial charge in [-0.3, -0.25) is 9.59 Å². The van der Waals surface area contributed by atoms with Gasteiger partial charge in [-0.2, -0.15) is 18.3 Å². The highest BCUT2D eigenvalue weighted by atomic mass is 32.2. The molecule has 2 aromatic rings. The summed E-state index contributed by atoms with van der Waals surface area (Å²) in [5.74, 6) is -0.595. The van der Waals surface area contributed by atoms with Crippen molar-refractivity contribution in [2.45, 2.75) is 17.8 Å². The Kier molecular flexibility index (Phi) is 6.95. The van der Waals surface area contributed by atoms with E-state index in [4.69, 9.17) is 4.74 Å². The summed E-state index contributed by atoms with van der Waals surface area (Å²) in [6.07, 6.45) is -3.48. The first-order chi connectivity index (χ1) is 14.8. The van der Waals surface area contributed by atoms with E-state index in [-0.39, 0.29) is 17.3 Å². The van der Waals surface area contributed by atoms with Gasteiger partial charge in [-0.15, -0.1) is 5.10 Å². The second kappa shape index (κ2) is 9.65. The van der Waals surface area contributed by atoms with Crippen LogP contribution in [0.15, 0.2) is 58.7 Å². The molecule has 2 amide bonds. The van der Waals surface area contributed by atoms with Crippen molar-refractivity contribution in [1.82, 2.24) is 5.32 Å². The largest absolute Gasteiger partial charge is 0.496 e. The zero-order valence-electron chi connectivity index (χ0n) is 16.1. The van der Waals surface area contributed by atoms with E-state index < -0.39 is 28.8 Å². The molecule has 0 bridgehead atoms. The topological polar surface area (TPSA) is 92.2 Å². The van der Waals surface area contributed by atoms with Gasteiger partial charge in [0.15, 0.2) is 5.17 Å². The summed E-state index contributed by atoms with van der Waals surface area (Å²) >= 11 is 0.974. The highest BCUT2D eigenvalue weighted by molar-refractivity contribution is 8.15. The van der Waals surface area contributed by atoms with Crippen molar-refractivity contribution in [3.05, 3.63) is 59.7 Å². The Labute approximate surface area is 179 Å². The predicted molar refractivity (Wildman–Crippen MR) is 112 cm³/mol. The van der Waals surface area contributed by atoms with Crippen LogP contribution in [0.25, 0.3) is 0 Å². The Bertz CT molecular complexity index is 1040. The number of alkyl halides is 3. The number of amidine groups is 1. The van der Waals surface area contributed by atoms with Crippen LogP contribution >= 0.6 is 11.8 Å². The molecular weight excluding hydrogens is 433 g/mol. The number of rotatable bonds is 6. The maximum atomic E-state index is 13.0. The molecule has 1 aliphatic heterocycles. The summed E-state index contributed by atoms with van der Waals surface area (Å²) in [6, 6.07) is 11.8. The first-order valence-corrected chi connectivity index (χ1v) is 9.83. The highest BCUT2D eigenvalue weighted by Gasteiger charge is 2.35. The summed E-state index contributed by atoms with van der Waals surface area (Å²) in [7, 11) is 1.52. The van der Waals surface area contributed by atoms with E-state index in [0.29, 0.717) is 11.3 Å². The summed E-state index contributed by atoms with van der Waals surface area (Å²) < 4.78 is 44.3. The van der Waals surface area contributed by atoms with E-state index in [1.54, 1.807) is 24.3 Å². The molecule has 1 aliphatic rings. The Morgan fingerprint density at radius 1 is 1.23 bits per heavy atom. The molecule has 1 fully saturated rings. The van der Waals surface area contributed by atoms with E-state index in [1.807, 2.05) is 0 Å². The molecule has 2 N–H and O–H groups in total. The summed E-state index contributed by atoms with van der Waals surface area (Å²) in [5.41, 5.74) is -0.638. The normalized spacial score (nSPS) is 17.7. The van der Waals surface area contributed by atoms with Gasteiger partial charge in [-0.1, -0.05) is 36.0 Å². The number of methoxy groups -OCH3 is 1. The van der Waals surface area contributed by atoms with E-state index in [0.717, 1.165) is 23.9 Å². The molecule has 0 spiro atoms. The van der Waals surface area contributed by atoms with Crippen LogP contribution in [0.5, 0.6) is 5.75 Å². The minimum absolute atomic E-state index is 0.185. The number of para-hydroxylation sites is 2. The highest BCUT2D eigenvalue weighted by Crippen LogP contribution is 2.34. The molecule has 0 saturated carbocycles. The van der Waals surface area contributed by atoms with Crippen molar-refractivity contribution in [3.8, 4) is 5.75 Å². The van der Waals surface area contributed by atoms with Gasteiger partial charge in [0.05, 0.1) is 24.6 Å². The van der Waals surface area contributed by atoms with Crippen molar-refractivity contribution in [2.24, 2.45) is 10.2 Å². The molecule has 0 radical (unpaired) electrons. The van der Waals surface area contributed by atoms with E-state index in [9.17, 15) is 22.8 Å². The fourth-order valence-electron chi connectivity index (χ4n) is 2.71. The standard InChI is InChI=1S/C20H17F3N4O3S/c1-30-15-9-5-2-6-12(15)11-24-27-19-26-18(29)16(31-19)10-17(28)25-14-8-4-3-7-13(14)20(21,22)23/h2-9,11,16H,10H2,1H3,(H,25,28)(H,26,27,29)/b24-11+. The molecule has 0 aromatic heterocycles. The van der Waals surface area contributed by atoms with Crippen molar-refractivity contribution in [2.75, 3.05) is 12.4 Å². The molecule has 7 nitrogen and oxygen atoms in total. The quantitative estimate of drug-likeness (QED) is 0.519. The molecule has 1 heterocycles. The van der Waals surface area contributed by atoms with Crippen molar-refractivity contribution >= 4 is 40.6 Å². The number of anilines is 1. The van der Waals surface area contributed by atoms with Gasteiger partial charge >= 0.3 is 6.18 Å². The van der Waals surface area contributed by atoms with Crippen molar-refractivity contribution in [3.63, 3.8) is 0 Å². The number of thioether (sulfide) groups is 1. The lowest BCUT2D eigenvalue weighted by Gasteiger charge is -2.14. The predicted octanol–water partition coefficient (Wildman–Crippen LogP) is 3.66. The van der Waals surface area contributed by atoms with Gasteiger partial charge in [0.2, 0.25) is 11.8 Å². The minimum Gasteiger partial charge on any atom is -0.496 e. The van der Waals surface area contributed by atoms with Crippen molar-refractivity contribution < 1.29 is 27.5 Å². The first-order valence-electron chi connectivity index (χ1n) is 8.95. The number of carbonyl (C=O) groups is 2. The molecule has 0 aliphatic carbocycles. The van der Waals surface area contributed by atoms with Gasteiger partial charge in [0, 0.05) is 12.0 Å². The average Bonchev–Trinajstić information content (AvgIpc) is 3.07. The lowest BCUT2D eigenvalue weighted by Crippen LogP contribution is -2.28. The lowest BCUT2D eigenvalue weighted by atomic mass is 10.1. The Morgan fingerprint density at radius 3 is 2.68 bits per heavy atom. The zero-order chi connectivity index (χ0) is 22.4. The number of halogens is 3. The number of carbonyl (C=O) groups excluding carboxylic acids is 2. The molecule has 1 atom stereocenters. The molecule has 3 rings (SSSR count). The van der Waals surface area contributed by atoms with Crippen LogP contribution in [-0.2, 0) is 15.8 Å². The van der Waals surface area contributed by atoms with Gasteiger partial charge < -0.3 is 15.4 Å². The summed E-state index contributed by atoms with van der Waals surface area (Å²) in [5, 5.41) is 11.9. The second-order valence-electron chi connectivity index (χ2n) is 6.28. The van der Waals surface area contributed by atoms with Crippen LogP contribution in [0.1, 0.15) is 17.5 Å². The minimum atomic E-state index is -4.61. The summed E-state index contributed by atoms with van der Waals surface area (Å²) in [6.45, 7) is 0. The van der Waals surface area contributed by atoms with E-state index in [1.165, 1.54) is 25.5 Å². The lowest BCUT2D eigenvalue weighted by molar-refractivity contribution is -0.137. The number of amides is 2. The van der Waals surface area contributed by atoms with Crippen LogP contribution in [0, 0.1) is 0 Å². The third kappa shape index (κ3) is 5.85. The number of ether oxygens (including phenoxy) is 1. The number of benzene rings is 2. The van der Waals surface area contributed by atoms with Gasteiger partial charge in [-0.25, -0.2) is 0 Å². The number of nitrogens with one attached hydrogen (secondary N) is 2. The van der Waals surface area contributed by atoms with E-state index in [2.05, 4.69) is 20.8 Å². The molecule has 2 aromatic carbocycles. The number of hydrogen-bond acceptors (Lipinski definition) is 6. The third-order valence-electron chi connectivity index (χ3n) is 4.14. The molecule has 162 valence electrons. The smallest absolute Gasteiger partial charge is 0.418 e. The maximum absolute atomic E-state index is 13.0. The van der Waals surface area contributed by atoms with Gasteiger partial charge in [-0.05, 0) is 24.3 Å². The monoisotopic (exact) mass is 450 g/mol. The molecule has 1 saturated heterocycles. The SMILES string of the molecule is COc1ccccc1/C=N/N=C1/NC(=O)C(CC(=O)Nc2ccccc2C(F)(F)F)S1. The van der Waals surface area contributed by atoms with Crippen LogP contribution < -0.4 is 15.4 Å². The third-order valence-corrected chi connectivity index (χ3v) is 5.21. The molecular formula is C20H17F3N4O3S. The Hall–Kier alpha value is -3.34. The summed E-state index contributed by atoms with van der Waals surface area (Å²) in [4.78, 5) is 24.3. The Balaban J connectivity index is 1.62. The number of nitrogens with zero attached hydrogens (tertiary/aromatic N) is 2. The van der Waals surface area contributed by atoms with Gasteiger partial charge in [0.25, 0.3) is 0 Å². The maximum Gasteiger partial charge on any atom is 0.418 e. The molecule has 1 unspecified atom stereocenters.